The molecule has 6 nitrogen and oxygen atoms in total. The lowest BCUT2D eigenvalue weighted by Crippen LogP contribution is -2.16. The van der Waals surface area contributed by atoms with Gasteiger partial charge in [-0.05, 0) is 36.4 Å². The molecule has 0 heterocycles. The first-order valence-electron chi connectivity index (χ1n) is 6.84. The second-order valence-electron chi connectivity index (χ2n) is 4.71. The summed E-state index contributed by atoms with van der Waals surface area (Å²) in [6.45, 7) is 0. The van der Waals surface area contributed by atoms with Gasteiger partial charge in [-0.1, -0.05) is 17.7 Å². The van der Waals surface area contributed by atoms with Gasteiger partial charge in [-0.25, -0.2) is 9.59 Å². The number of ether oxygens (including phenoxy) is 2. The van der Waals surface area contributed by atoms with Crippen LogP contribution in [0.2, 0.25) is 5.02 Å². The molecule has 24 heavy (non-hydrogen) atoms. The molecule has 124 valence electrons. The number of nitrogens with one attached hydrogen (secondary N) is 1. The number of anilines is 1. The molecule has 7 heteroatoms. The summed E-state index contributed by atoms with van der Waals surface area (Å²) >= 11 is 5.87. The molecule has 2 aromatic rings. The molecule has 0 bridgehead atoms. The van der Waals surface area contributed by atoms with Crippen LogP contribution in [0.3, 0.4) is 0 Å². The molecule has 0 atom stereocenters. The molecular weight excluding hydrogens is 334 g/mol. The Kier molecular flexibility index (Phi) is 5.55. The van der Waals surface area contributed by atoms with Crippen LogP contribution in [-0.2, 0) is 9.47 Å². The van der Waals surface area contributed by atoms with Crippen molar-refractivity contribution in [2.24, 2.45) is 0 Å². The summed E-state index contributed by atoms with van der Waals surface area (Å²) in [5.41, 5.74) is 0.739. The molecule has 0 aliphatic carbocycles. The van der Waals surface area contributed by atoms with Gasteiger partial charge in [0, 0.05) is 10.6 Å². The Morgan fingerprint density at radius 1 is 0.917 bits per heavy atom. The normalized spacial score (nSPS) is 9.96. The Hall–Kier alpha value is -2.86. The molecule has 0 aromatic heterocycles. The predicted octanol–water partition coefficient (Wildman–Crippen LogP) is 3.17. The Bertz CT molecular complexity index is 803. The fourth-order valence-corrected chi connectivity index (χ4v) is 2.19. The first-order chi connectivity index (χ1) is 11.5. The number of esters is 2. The van der Waals surface area contributed by atoms with Crippen LogP contribution in [0, 0.1) is 0 Å². The van der Waals surface area contributed by atoms with Crippen molar-refractivity contribution in [2.75, 3.05) is 19.5 Å². The van der Waals surface area contributed by atoms with Crippen LogP contribution < -0.4 is 5.32 Å². The van der Waals surface area contributed by atoms with Gasteiger partial charge in [-0.3, -0.25) is 4.79 Å². The minimum absolute atomic E-state index is 0.112. The molecule has 0 saturated heterocycles. The lowest BCUT2D eigenvalue weighted by molar-refractivity contribution is 0.0587. The molecule has 2 rings (SSSR count). The number of carbonyl (C=O) groups is 3. The number of halogens is 1. The largest absolute Gasteiger partial charge is 0.465 e. The van der Waals surface area contributed by atoms with Gasteiger partial charge in [0.1, 0.15) is 0 Å². The van der Waals surface area contributed by atoms with Crippen molar-refractivity contribution in [3.8, 4) is 0 Å². The van der Waals surface area contributed by atoms with Crippen LogP contribution in [0.15, 0.2) is 42.5 Å². The number of hydrogen-bond donors (Lipinski definition) is 1. The molecule has 1 amide bonds. The van der Waals surface area contributed by atoms with E-state index in [1.165, 1.54) is 38.5 Å². The average Bonchev–Trinajstić information content (AvgIpc) is 2.60. The standard InChI is InChI=1S/C17H14ClNO5/c1-23-16(21)11-6-7-13(17(22)24-2)14(9-11)19-15(20)10-4-3-5-12(18)8-10/h3-9H,1-2H3,(H,19,20). The number of hydrogen-bond acceptors (Lipinski definition) is 5. The highest BCUT2D eigenvalue weighted by atomic mass is 35.5. The maximum absolute atomic E-state index is 12.3. The number of carbonyl (C=O) groups excluding carboxylic acids is 3. The maximum atomic E-state index is 12.3. The van der Waals surface area contributed by atoms with Gasteiger partial charge in [0.05, 0.1) is 31.0 Å². The highest BCUT2D eigenvalue weighted by Crippen LogP contribution is 2.21. The second-order valence-corrected chi connectivity index (χ2v) is 5.14. The van der Waals surface area contributed by atoms with Crippen molar-refractivity contribution in [3.05, 3.63) is 64.2 Å². The van der Waals surface area contributed by atoms with Crippen molar-refractivity contribution in [3.63, 3.8) is 0 Å². The Balaban J connectivity index is 2.40. The van der Waals surface area contributed by atoms with E-state index in [1.807, 2.05) is 0 Å². The molecule has 0 radical (unpaired) electrons. The summed E-state index contributed by atoms with van der Waals surface area (Å²) in [5.74, 6) is -1.72. The highest BCUT2D eigenvalue weighted by molar-refractivity contribution is 6.31. The number of amides is 1. The Morgan fingerprint density at radius 2 is 1.62 bits per heavy atom. The van der Waals surface area contributed by atoms with Gasteiger partial charge in [0.25, 0.3) is 5.91 Å². The van der Waals surface area contributed by atoms with Crippen molar-refractivity contribution in [2.45, 2.75) is 0 Å². The van der Waals surface area contributed by atoms with Gasteiger partial charge in [0.2, 0.25) is 0 Å². The smallest absolute Gasteiger partial charge is 0.339 e. The van der Waals surface area contributed by atoms with Crippen LogP contribution in [-0.4, -0.2) is 32.1 Å². The third kappa shape index (κ3) is 3.91. The monoisotopic (exact) mass is 347 g/mol. The average molecular weight is 348 g/mol. The summed E-state index contributed by atoms with van der Waals surface area (Å²) in [7, 11) is 2.46. The fourth-order valence-electron chi connectivity index (χ4n) is 2.00. The summed E-state index contributed by atoms with van der Waals surface area (Å²) in [4.78, 5) is 35.8. The molecule has 0 fully saturated rings. The van der Waals surface area contributed by atoms with Gasteiger partial charge in [0.15, 0.2) is 0 Å². The molecule has 2 aromatic carbocycles. The zero-order valence-electron chi connectivity index (χ0n) is 13.0. The van der Waals surface area contributed by atoms with Crippen molar-refractivity contribution in [1.82, 2.24) is 0 Å². The molecule has 0 aliphatic rings. The van der Waals surface area contributed by atoms with Crippen LogP contribution in [0.25, 0.3) is 0 Å². The first-order valence-corrected chi connectivity index (χ1v) is 7.21. The van der Waals surface area contributed by atoms with E-state index >= 15 is 0 Å². The highest BCUT2D eigenvalue weighted by Gasteiger charge is 2.18. The molecule has 1 N–H and O–H groups in total. The molecule has 0 aliphatic heterocycles. The van der Waals surface area contributed by atoms with Crippen molar-refractivity contribution >= 4 is 35.1 Å². The second kappa shape index (κ2) is 7.61. The van der Waals surface area contributed by atoms with E-state index in [-0.39, 0.29) is 16.8 Å². The van der Waals surface area contributed by atoms with Gasteiger partial charge >= 0.3 is 11.9 Å². The van der Waals surface area contributed by atoms with Crippen molar-refractivity contribution in [1.29, 1.82) is 0 Å². The minimum atomic E-state index is -0.646. The maximum Gasteiger partial charge on any atom is 0.339 e. The quantitative estimate of drug-likeness (QED) is 0.859. The molecule has 0 saturated carbocycles. The van der Waals surface area contributed by atoms with Crippen LogP contribution in [0.5, 0.6) is 0 Å². The third-order valence-corrected chi connectivity index (χ3v) is 3.42. The third-order valence-electron chi connectivity index (χ3n) is 3.18. The van der Waals surface area contributed by atoms with Crippen LogP contribution >= 0.6 is 11.6 Å². The zero-order valence-corrected chi connectivity index (χ0v) is 13.7. The molecule has 0 unspecified atom stereocenters. The zero-order chi connectivity index (χ0) is 17.7. The van der Waals surface area contributed by atoms with Crippen LogP contribution in [0.1, 0.15) is 31.1 Å². The Morgan fingerprint density at radius 3 is 2.25 bits per heavy atom. The van der Waals surface area contributed by atoms with E-state index in [9.17, 15) is 14.4 Å². The van der Waals surface area contributed by atoms with Gasteiger partial charge in [-0.2, -0.15) is 0 Å². The number of rotatable bonds is 4. The fraction of sp³-hybridized carbons (Fsp3) is 0.118. The number of benzene rings is 2. The predicted molar refractivity (Wildman–Crippen MR) is 88.5 cm³/mol. The van der Waals surface area contributed by atoms with Gasteiger partial charge in [-0.15, -0.1) is 0 Å². The van der Waals surface area contributed by atoms with E-state index in [4.69, 9.17) is 11.6 Å². The molecule has 0 spiro atoms. The Labute approximate surface area is 143 Å². The van der Waals surface area contributed by atoms with Gasteiger partial charge < -0.3 is 14.8 Å². The van der Waals surface area contributed by atoms with Crippen molar-refractivity contribution < 1.29 is 23.9 Å². The molecular formula is C17H14ClNO5. The topological polar surface area (TPSA) is 81.7 Å². The van der Waals surface area contributed by atoms with E-state index in [0.717, 1.165) is 0 Å². The van der Waals surface area contributed by atoms with E-state index in [0.29, 0.717) is 10.6 Å². The summed E-state index contributed by atoms with van der Waals surface area (Å²) in [6, 6.07) is 10.5. The summed E-state index contributed by atoms with van der Waals surface area (Å²) < 4.78 is 9.32. The van der Waals surface area contributed by atoms with E-state index < -0.39 is 17.8 Å². The summed E-state index contributed by atoms with van der Waals surface area (Å²) in [6.07, 6.45) is 0. The van der Waals surface area contributed by atoms with Crippen LogP contribution in [0.4, 0.5) is 5.69 Å². The summed E-state index contributed by atoms with van der Waals surface area (Å²) in [5, 5.41) is 2.98. The lowest BCUT2D eigenvalue weighted by atomic mass is 10.1. The van der Waals surface area contributed by atoms with E-state index in [2.05, 4.69) is 14.8 Å². The number of methoxy groups -OCH3 is 2. The first kappa shape index (κ1) is 17.5. The SMILES string of the molecule is COC(=O)c1ccc(C(=O)OC)c(NC(=O)c2cccc(Cl)c2)c1. The lowest BCUT2D eigenvalue weighted by Gasteiger charge is -2.11. The van der Waals surface area contributed by atoms with E-state index in [1.54, 1.807) is 18.2 Å². The minimum Gasteiger partial charge on any atom is -0.465 e.